The molecule has 3 rings (SSSR count). The number of nitrogens with zero attached hydrogens (tertiary/aromatic N) is 2. The molecule has 2 aromatic rings. The molecule has 0 amide bonds. The van der Waals surface area contributed by atoms with Gasteiger partial charge in [0.1, 0.15) is 11.6 Å². The van der Waals surface area contributed by atoms with E-state index in [1.54, 1.807) is 18.3 Å². The van der Waals surface area contributed by atoms with E-state index in [0.717, 1.165) is 11.4 Å². The zero-order chi connectivity index (χ0) is 14.1. The molecule has 1 aliphatic rings. The van der Waals surface area contributed by atoms with Gasteiger partial charge in [0.15, 0.2) is 0 Å². The molecule has 1 N–H and O–H groups in total. The van der Waals surface area contributed by atoms with Gasteiger partial charge in [0.25, 0.3) is 0 Å². The number of anilines is 1. The maximum absolute atomic E-state index is 13.4. The number of hydrogen-bond donors (Lipinski definition) is 1. The quantitative estimate of drug-likeness (QED) is 0.923. The van der Waals surface area contributed by atoms with Crippen molar-refractivity contribution in [2.45, 2.75) is 18.6 Å². The number of hydrogen-bond acceptors (Lipinski definition) is 3. The lowest BCUT2D eigenvalue weighted by Gasteiger charge is -2.25. The Hall–Kier alpha value is -1.65. The lowest BCUT2D eigenvalue weighted by Crippen LogP contribution is -2.25. The minimum absolute atomic E-state index is 0.0747. The number of halogens is 2. The van der Waals surface area contributed by atoms with Crippen LogP contribution in [0.15, 0.2) is 42.6 Å². The summed E-state index contributed by atoms with van der Waals surface area (Å²) in [6, 6.07) is 9.97. The first-order valence-electron chi connectivity index (χ1n) is 6.45. The van der Waals surface area contributed by atoms with E-state index in [1.165, 1.54) is 12.1 Å². The van der Waals surface area contributed by atoms with Crippen LogP contribution in [-0.4, -0.2) is 22.7 Å². The summed E-state index contributed by atoms with van der Waals surface area (Å²) in [4.78, 5) is 6.26. The Kier molecular flexibility index (Phi) is 3.59. The largest absolute Gasteiger partial charge is 0.391 e. The second-order valence-electron chi connectivity index (χ2n) is 4.95. The molecular weight excluding hydrogens is 279 g/mol. The third-order valence-electron chi connectivity index (χ3n) is 3.52. The molecule has 0 saturated carbocycles. The summed E-state index contributed by atoms with van der Waals surface area (Å²) >= 11 is 5.84. The van der Waals surface area contributed by atoms with Crippen LogP contribution in [0.1, 0.15) is 18.0 Å². The summed E-state index contributed by atoms with van der Waals surface area (Å²) < 4.78 is 13.4. The fraction of sp³-hybridized carbons (Fsp3) is 0.267. The Balaban J connectivity index is 1.94. The topological polar surface area (TPSA) is 36.4 Å². The van der Waals surface area contributed by atoms with Crippen molar-refractivity contribution in [3.05, 3.63) is 59.0 Å². The molecule has 104 valence electrons. The van der Waals surface area contributed by atoms with Crippen molar-refractivity contribution < 1.29 is 9.50 Å². The van der Waals surface area contributed by atoms with Crippen LogP contribution in [-0.2, 0) is 0 Å². The monoisotopic (exact) mass is 292 g/mol. The summed E-state index contributed by atoms with van der Waals surface area (Å²) in [5.41, 5.74) is 0.846. The molecule has 0 bridgehead atoms. The summed E-state index contributed by atoms with van der Waals surface area (Å²) in [6.45, 7) is 0.482. The van der Waals surface area contributed by atoms with Crippen molar-refractivity contribution >= 4 is 17.4 Å². The molecule has 0 radical (unpaired) electrons. The van der Waals surface area contributed by atoms with E-state index in [4.69, 9.17) is 11.6 Å². The first kappa shape index (κ1) is 13.3. The Morgan fingerprint density at radius 1 is 1.30 bits per heavy atom. The lowest BCUT2D eigenvalue weighted by atomic mass is 10.0. The summed E-state index contributed by atoms with van der Waals surface area (Å²) in [5.74, 6) is 0.466. The highest BCUT2D eigenvalue weighted by Crippen LogP contribution is 2.35. The van der Waals surface area contributed by atoms with Crippen LogP contribution in [0.4, 0.5) is 10.2 Å². The van der Waals surface area contributed by atoms with Gasteiger partial charge in [0.2, 0.25) is 0 Å². The molecule has 3 nitrogen and oxygen atoms in total. The highest BCUT2D eigenvalue weighted by Gasteiger charge is 2.33. The van der Waals surface area contributed by atoms with Gasteiger partial charge in [-0.2, -0.15) is 0 Å². The number of pyridine rings is 1. The fourth-order valence-corrected chi connectivity index (χ4v) is 2.75. The Labute approximate surface area is 121 Å². The molecule has 2 atom stereocenters. The molecule has 1 aromatic carbocycles. The van der Waals surface area contributed by atoms with Crippen LogP contribution in [0.25, 0.3) is 0 Å². The first-order chi connectivity index (χ1) is 9.63. The first-order valence-corrected chi connectivity index (χ1v) is 6.83. The van der Waals surface area contributed by atoms with E-state index in [2.05, 4.69) is 4.98 Å². The molecule has 2 heterocycles. The van der Waals surface area contributed by atoms with Crippen molar-refractivity contribution in [2.24, 2.45) is 0 Å². The van der Waals surface area contributed by atoms with Crippen molar-refractivity contribution in [2.75, 3.05) is 11.4 Å². The fourth-order valence-electron chi connectivity index (χ4n) is 2.63. The van der Waals surface area contributed by atoms with Gasteiger partial charge in [0.05, 0.1) is 17.2 Å². The van der Waals surface area contributed by atoms with Gasteiger partial charge in [-0.25, -0.2) is 9.37 Å². The average Bonchev–Trinajstić information content (AvgIpc) is 2.82. The van der Waals surface area contributed by atoms with Gasteiger partial charge in [-0.15, -0.1) is 0 Å². The molecular formula is C15H14ClFN2O. The standard InChI is InChI=1S/C15H14ClFN2O/c16-11-4-5-15(18-8-11)19-9-13(20)7-14(19)10-2-1-3-12(17)6-10/h1-6,8,13-14,20H,7,9H2/t13-,14+/m1/s1. The molecule has 1 aromatic heterocycles. The van der Waals surface area contributed by atoms with Gasteiger partial charge in [0, 0.05) is 12.7 Å². The molecule has 0 aliphatic carbocycles. The zero-order valence-corrected chi connectivity index (χ0v) is 11.5. The van der Waals surface area contributed by atoms with Crippen LogP contribution in [0.5, 0.6) is 0 Å². The van der Waals surface area contributed by atoms with Crippen LogP contribution in [0, 0.1) is 5.82 Å². The maximum Gasteiger partial charge on any atom is 0.129 e. The Bertz CT molecular complexity index is 605. The van der Waals surface area contributed by atoms with E-state index in [0.29, 0.717) is 18.0 Å². The molecule has 0 unspecified atom stereocenters. The molecule has 1 saturated heterocycles. The molecule has 1 aliphatic heterocycles. The van der Waals surface area contributed by atoms with Crippen molar-refractivity contribution in [3.63, 3.8) is 0 Å². The molecule has 5 heteroatoms. The zero-order valence-electron chi connectivity index (χ0n) is 10.7. The Morgan fingerprint density at radius 2 is 2.15 bits per heavy atom. The average molecular weight is 293 g/mol. The second-order valence-corrected chi connectivity index (χ2v) is 5.38. The maximum atomic E-state index is 13.4. The normalized spacial score (nSPS) is 22.2. The highest BCUT2D eigenvalue weighted by atomic mass is 35.5. The van der Waals surface area contributed by atoms with E-state index in [1.807, 2.05) is 17.0 Å². The molecule has 0 spiro atoms. The van der Waals surface area contributed by atoms with Crippen molar-refractivity contribution in [1.29, 1.82) is 0 Å². The Morgan fingerprint density at radius 3 is 2.85 bits per heavy atom. The van der Waals surface area contributed by atoms with E-state index < -0.39 is 6.10 Å². The third-order valence-corrected chi connectivity index (χ3v) is 3.74. The van der Waals surface area contributed by atoms with Gasteiger partial charge >= 0.3 is 0 Å². The van der Waals surface area contributed by atoms with Crippen molar-refractivity contribution in [1.82, 2.24) is 4.98 Å². The summed E-state index contributed by atoms with van der Waals surface area (Å²) in [7, 11) is 0. The van der Waals surface area contributed by atoms with E-state index >= 15 is 0 Å². The van der Waals surface area contributed by atoms with E-state index in [9.17, 15) is 9.50 Å². The van der Waals surface area contributed by atoms with E-state index in [-0.39, 0.29) is 11.9 Å². The van der Waals surface area contributed by atoms with Gasteiger partial charge in [-0.3, -0.25) is 0 Å². The summed E-state index contributed by atoms with van der Waals surface area (Å²) in [5, 5.41) is 10.5. The number of aromatic nitrogens is 1. The van der Waals surface area contributed by atoms with Crippen LogP contribution >= 0.6 is 11.6 Å². The lowest BCUT2D eigenvalue weighted by molar-refractivity contribution is 0.194. The number of aliphatic hydroxyl groups excluding tert-OH is 1. The van der Waals surface area contributed by atoms with Gasteiger partial charge < -0.3 is 10.0 Å². The van der Waals surface area contributed by atoms with Gasteiger partial charge in [-0.05, 0) is 36.2 Å². The minimum Gasteiger partial charge on any atom is -0.391 e. The summed E-state index contributed by atoms with van der Waals surface area (Å²) in [6.07, 6.45) is 1.69. The third kappa shape index (κ3) is 2.62. The SMILES string of the molecule is O[C@@H]1C[C@@H](c2cccc(F)c2)N(c2ccc(Cl)cn2)C1. The smallest absolute Gasteiger partial charge is 0.129 e. The van der Waals surface area contributed by atoms with Crippen molar-refractivity contribution in [3.8, 4) is 0 Å². The van der Waals surface area contributed by atoms with Crippen LogP contribution in [0.3, 0.4) is 0 Å². The molecule has 20 heavy (non-hydrogen) atoms. The predicted octanol–water partition coefficient (Wildman–Crippen LogP) is 3.19. The number of benzene rings is 1. The second kappa shape index (κ2) is 5.38. The highest BCUT2D eigenvalue weighted by molar-refractivity contribution is 6.30. The number of β-amino-alcohol motifs (C(OH)–C–C–N with tert-alkyl or cyclic N) is 1. The molecule has 1 fully saturated rings. The number of rotatable bonds is 2. The minimum atomic E-state index is -0.444. The van der Waals surface area contributed by atoms with Gasteiger partial charge in [-0.1, -0.05) is 23.7 Å². The number of aliphatic hydroxyl groups is 1. The van der Waals surface area contributed by atoms with Crippen LogP contribution < -0.4 is 4.90 Å². The van der Waals surface area contributed by atoms with Crippen LogP contribution in [0.2, 0.25) is 5.02 Å². The predicted molar refractivity (Wildman–Crippen MR) is 76.4 cm³/mol.